The molecule has 0 aliphatic carbocycles. The van der Waals surface area contributed by atoms with Gasteiger partial charge in [0.1, 0.15) is 11.7 Å². The van der Waals surface area contributed by atoms with E-state index in [0.29, 0.717) is 29.9 Å². The first kappa shape index (κ1) is 18.6. The van der Waals surface area contributed by atoms with E-state index < -0.39 is 17.3 Å². The lowest BCUT2D eigenvalue weighted by molar-refractivity contribution is -0.111. The van der Waals surface area contributed by atoms with E-state index in [-0.39, 0.29) is 0 Å². The molecule has 1 aromatic carbocycles. The highest BCUT2D eigenvalue weighted by Crippen LogP contribution is 2.36. The molecule has 5 nitrogen and oxygen atoms in total. The minimum Gasteiger partial charge on any atom is -0.383 e. The minimum atomic E-state index is -0.890. The number of halogens is 1. The summed E-state index contributed by atoms with van der Waals surface area (Å²) in [4.78, 5) is 20.6. The van der Waals surface area contributed by atoms with Crippen molar-refractivity contribution in [3.63, 3.8) is 0 Å². The molecule has 0 saturated heterocycles. The third-order valence-electron chi connectivity index (χ3n) is 4.46. The predicted octanol–water partition coefficient (Wildman–Crippen LogP) is 3.14. The lowest BCUT2D eigenvalue weighted by Crippen LogP contribution is -2.34. The number of carbonyl (C=O) groups excluding carboxylic acids is 1. The van der Waals surface area contributed by atoms with Crippen molar-refractivity contribution >= 4 is 17.4 Å². The Morgan fingerprint density at radius 1 is 1.41 bits per heavy atom. The van der Waals surface area contributed by atoms with Crippen molar-refractivity contribution < 1.29 is 9.18 Å². The molecule has 0 radical (unpaired) electrons. The van der Waals surface area contributed by atoms with Gasteiger partial charge in [0.05, 0.1) is 5.54 Å². The zero-order valence-corrected chi connectivity index (χ0v) is 15.3. The first-order valence-corrected chi connectivity index (χ1v) is 8.81. The molecular formula is C21H21FN4O. The third-order valence-corrected chi connectivity index (χ3v) is 4.46. The summed E-state index contributed by atoms with van der Waals surface area (Å²) in [6, 6.07) is 6.22. The summed E-state index contributed by atoms with van der Waals surface area (Å²) in [7, 11) is 0. The molecule has 1 atom stereocenters. The molecule has 1 aromatic heterocycles. The number of nitrogens with one attached hydrogen (secondary N) is 1. The first-order chi connectivity index (χ1) is 12.9. The van der Waals surface area contributed by atoms with Gasteiger partial charge in [0.25, 0.3) is 5.91 Å². The number of carbonyl (C=O) groups is 1. The van der Waals surface area contributed by atoms with Crippen LogP contribution in [0.3, 0.4) is 0 Å². The zero-order valence-electron chi connectivity index (χ0n) is 15.3. The van der Waals surface area contributed by atoms with Crippen LogP contribution in [0.2, 0.25) is 0 Å². The lowest BCUT2D eigenvalue weighted by Gasteiger charge is -2.32. The fraction of sp³-hybridized carbons (Fsp3) is 0.286. The maximum atomic E-state index is 14.6. The van der Waals surface area contributed by atoms with Crippen molar-refractivity contribution in [2.45, 2.75) is 38.6 Å². The number of amidine groups is 1. The number of nitrogens with two attached hydrogens (primary N) is 1. The van der Waals surface area contributed by atoms with Crippen molar-refractivity contribution in [1.82, 2.24) is 4.98 Å². The van der Waals surface area contributed by atoms with E-state index in [0.717, 1.165) is 17.5 Å². The molecule has 2 aromatic rings. The van der Waals surface area contributed by atoms with Crippen molar-refractivity contribution in [2.75, 3.05) is 5.32 Å². The Morgan fingerprint density at radius 2 is 2.22 bits per heavy atom. The monoisotopic (exact) mass is 364 g/mol. The molecule has 0 fully saturated rings. The van der Waals surface area contributed by atoms with E-state index in [1.54, 1.807) is 24.5 Å². The summed E-state index contributed by atoms with van der Waals surface area (Å²) in [5, 5.41) is 2.68. The molecule has 6 heteroatoms. The molecule has 1 unspecified atom stereocenters. The van der Waals surface area contributed by atoms with Gasteiger partial charge in [0.2, 0.25) is 0 Å². The number of nitrogens with zero attached hydrogens (tertiary/aromatic N) is 2. The largest absolute Gasteiger partial charge is 0.383 e. The first-order valence-electron chi connectivity index (χ1n) is 8.81. The number of unbranched alkanes of at least 4 members (excludes halogenated alkanes) is 1. The van der Waals surface area contributed by atoms with Gasteiger partial charge < -0.3 is 11.1 Å². The van der Waals surface area contributed by atoms with Gasteiger partial charge in [0, 0.05) is 42.0 Å². The Balaban J connectivity index is 1.92. The molecule has 138 valence electrons. The van der Waals surface area contributed by atoms with Crippen molar-refractivity contribution in [2.24, 2.45) is 10.7 Å². The van der Waals surface area contributed by atoms with Gasteiger partial charge >= 0.3 is 0 Å². The van der Waals surface area contributed by atoms with Gasteiger partial charge in [-0.1, -0.05) is 12.8 Å². The maximum absolute atomic E-state index is 14.6. The predicted molar refractivity (Wildman–Crippen MR) is 104 cm³/mol. The van der Waals surface area contributed by atoms with Crippen LogP contribution in [0.25, 0.3) is 0 Å². The average Bonchev–Trinajstić information content (AvgIpc) is 2.63. The zero-order chi connectivity index (χ0) is 19.4. The SMILES string of the molecule is CCCC#CC(=O)Nc1ccc(F)c(C2(C)Cc3cnccc3C(N)=N2)c1. The molecule has 1 amide bonds. The standard InChI is InChI=1S/C21H21FN4O/c1-3-4-5-6-19(27)25-15-7-8-18(22)17(11-15)21(2)12-14-13-24-10-9-16(14)20(23)26-21/h7-11,13H,3-4,12H2,1-2H3,(H2,23,26)(H,25,27). The molecular weight excluding hydrogens is 343 g/mol. The Hall–Kier alpha value is -3.20. The second kappa shape index (κ2) is 7.58. The molecule has 0 bridgehead atoms. The van der Waals surface area contributed by atoms with E-state index in [2.05, 4.69) is 27.1 Å². The van der Waals surface area contributed by atoms with Crippen LogP contribution in [0.5, 0.6) is 0 Å². The topological polar surface area (TPSA) is 80.4 Å². The summed E-state index contributed by atoms with van der Waals surface area (Å²) < 4.78 is 14.6. The second-order valence-electron chi connectivity index (χ2n) is 6.68. The highest BCUT2D eigenvalue weighted by Gasteiger charge is 2.34. The second-order valence-corrected chi connectivity index (χ2v) is 6.68. The summed E-state index contributed by atoms with van der Waals surface area (Å²) in [6.07, 6.45) is 5.38. The number of aliphatic imine (C=N–C) groups is 1. The van der Waals surface area contributed by atoms with Gasteiger partial charge in [-0.15, -0.1) is 0 Å². The Bertz CT molecular complexity index is 974. The van der Waals surface area contributed by atoms with E-state index in [1.165, 1.54) is 12.1 Å². The van der Waals surface area contributed by atoms with E-state index >= 15 is 0 Å². The number of hydrogen-bond acceptors (Lipinski definition) is 4. The number of fused-ring (bicyclic) bond motifs is 1. The fourth-order valence-corrected chi connectivity index (χ4v) is 3.16. The van der Waals surface area contributed by atoms with E-state index in [9.17, 15) is 9.18 Å². The van der Waals surface area contributed by atoms with Crippen LogP contribution in [0.1, 0.15) is 43.4 Å². The fourth-order valence-electron chi connectivity index (χ4n) is 3.16. The molecule has 3 rings (SSSR count). The molecule has 0 spiro atoms. The number of pyridine rings is 1. The number of aromatic nitrogens is 1. The Kier molecular flexibility index (Phi) is 5.22. The highest BCUT2D eigenvalue weighted by molar-refractivity contribution is 6.04. The summed E-state index contributed by atoms with van der Waals surface area (Å²) in [5.74, 6) is 4.83. The number of benzene rings is 1. The summed E-state index contributed by atoms with van der Waals surface area (Å²) in [5.41, 5.74) is 7.77. The molecule has 1 aliphatic heterocycles. The number of hydrogen-bond donors (Lipinski definition) is 2. The highest BCUT2D eigenvalue weighted by atomic mass is 19.1. The minimum absolute atomic E-state index is 0.348. The van der Waals surface area contributed by atoms with Gasteiger partial charge in [-0.2, -0.15) is 0 Å². The number of rotatable bonds is 3. The van der Waals surface area contributed by atoms with Crippen molar-refractivity contribution in [3.8, 4) is 11.8 Å². The lowest BCUT2D eigenvalue weighted by atomic mass is 9.82. The van der Waals surface area contributed by atoms with E-state index in [1.807, 2.05) is 13.8 Å². The van der Waals surface area contributed by atoms with Crippen LogP contribution >= 0.6 is 0 Å². The van der Waals surface area contributed by atoms with Gasteiger partial charge in [-0.25, -0.2) is 4.39 Å². The van der Waals surface area contributed by atoms with Crippen LogP contribution in [-0.4, -0.2) is 16.7 Å². The van der Waals surface area contributed by atoms with Crippen LogP contribution in [0.4, 0.5) is 10.1 Å². The van der Waals surface area contributed by atoms with Crippen molar-refractivity contribution in [1.29, 1.82) is 0 Å². The molecule has 2 heterocycles. The molecule has 3 N–H and O–H groups in total. The van der Waals surface area contributed by atoms with Crippen molar-refractivity contribution in [3.05, 3.63) is 59.2 Å². The normalized spacial score (nSPS) is 18.0. The average molecular weight is 364 g/mol. The van der Waals surface area contributed by atoms with Crippen LogP contribution in [0.15, 0.2) is 41.7 Å². The maximum Gasteiger partial charge on any atom is 0.300 e. The summed E-state index contributed by atoms with van der Waals surface area (Å²) >= 11 is 0. The number of amides is 1. The van der Waals surface area contributed by atoms with Gasteiger partial charge in [-0.3, -0.25) is 14.8 Å². The van der Waals surface area contributed by atoms with Crippen LogP contribution < -0.4 is 11.1 Å². The van der Waals surface area contributed by atoms with Gasteiger partial charge in [0.15, 0.2) is 0 Å². The smallest absolute Gasteiger partial charge is 0.300 e. The Labute approximate surface area is 157 Å². The summed E-state index contributed by atoms with van der Waals surface area (Å²) in [6.45, 7) is 3.81. The Morgan fingerprint density at radius 3 is 3.00 bits per heavy atom. The number of anilines is 1. The quantitative estimate of drug-likeness (QED) is 0.821. The molecule has 27 heavy (non-hydrogen) atoms. The van der Waals surface area contributed by atoms with Crippen LogP contribution in [-0.2, 0) is 16.8 Å². The molecule has 1 aliphatic rings. The molecule has 0 saturated carbocycles. The van der Waals surface area contributed by atoms with Crippen LogP contribution in [0, 0.1) is 17.7 Å². The third kappa shape index (κ3) is 3.98. The van der Waals surface area contributed by atoms with Gasteiger partial charge in [-0.05, 0) is 49.1 Å². The van der Waals surface area contributed by atoms with E-state index in [4.69, 9.17) is 5.73 Å².